The Hall–Kier alpha value is -1.21. The highest BCUT2D eigenvalue weighted by molar-refractivity contribution is 7.79. The summed E-state index contributed by atoms with van der Waals surface area (Å²) in [6.07, 6.45) is 10.3. The predicted molar refractivity (Wildman–Crippen MR) is 82.2 cm³/mol. The van der Waals surface area contributed by atoms with Crippen LogP contribution in [0.4, 0.5) is 0 Å². The molecule has 124 valence electrons. The van der Waals surface area contributed by atoms with Crippen LogP contribution in [0.1, 0.15) is 56.9 Å². The number of nitrogens with zero attached hydrogens (tertiary/aromatic N) is 2. The summed E-state index contributed by atoms with van der Waals surface area (Å²) in [5, 5.41) is 13.6. The summed E-state index contributed by atoms with van der Waals surface area (Å²) < 4.78 is 23.4. The molecule has 0 saturated heterocycles. The Morgan fingerprint density at radius 1 is 1.50 bits per heavy atom. The van der Waals surface area contributed by atoms with E-state index in [0.717, 1.165) is 0 Å². The largest absolute Gasteiger partial charge is 0.772 e. The van der Waals surface area contributed by atoms with Crippen LogP contribution < -0.4 is 0 Å². The summed E-state index contributed by atoms with van der Waals surface area (Å²) in [5.74, 6) is -0.905. The van der Waals surface area contributed by atoms with Crippen LogP contribution in [0.25, 0.3) is 0 Å². The molecule has 1 saturated carbocycles. The van der Waals surface area contributed by atoms with Gasteiger partial charge in [-0.25, -0.2) is 0 Å². The molecule has 1 aromatic rings. The van der Waals surface area contributed by atoms with Crippen LogP contribution in [0.15, 0.2) is 12.4 Å². The first-order valence-corrected chi connectivity index (χ1v) is 8.97. The lowest BCUT2D eigenvalue weighted by Crippen LogP contribution is -2.34. The van der Waals surface area contributed by atoms with Crippen molar-refractivity contribution in [3.05, 3.63) is 18.0 Å². The third-order valence-corrected chi connectivity index (χ3v) is 5.45. The fourth-order valence-electron chi connectivity index (χ4n) is 3.01. The average molecular weight is 327 g/mol. The molecule has 22 heavy (non-hydrogen) atoms. The van der Waals surface area contributed by atoms with Gasteiger partial charge in [-0.2, -0.15) is 5.10 Å². The van der Waals surface area contributed by atoms with Gasteiger partial charge in [-0.15, -0.1) is 0 Å². The number of hydrogen-bond donors (Lipinski definition) is 1. The zero-order valence-corrected chi connectivity index (χ0v) is 13.7. The van der Waals surface area contributed by atoms with E-state index < -0.39 is 22.5 Å². The highest BCUT2D eigenvalue weighted by atomic mass is 32.2. The van der Waals surface area contributed by atoms with Gasteiger partial charge in [0.15, 0.2) is 0 Å². The molecular formula is C15H23N2O4S-. The van der Waals surface area contributed by atoms with Crippen LogP contribution in [0.5, 0.6) is 0 Å². The van der Waals surface area contributed by atoms with Crippen molar-refractivity contribution in [2.75, 3.05) is 5.75 Å². The van der Waals surface area contributed by atoms with Gasteiger partial charge in [0, 0.05) is 18.5 Å². The van der Waals surface area contributed by atoms with Gasteiger partial charge in [0.1, 0.15) is 0 Å². The minimum atomic E-state index is -2.37. The van der Waals surface area contributed by atoms with Crippen molar-refractivity contribution < 1.29 is 18.7 Å². The second-order valence-corrected chi connectivity index (χ2v) is 7.33. The topological polar surface area (TPSA) is 95.3 Å². The van der Waals surface area contributed by atoms with Crippen molar-refractivity contribution in [2.45, 2.75) is 57.9 Å². The van der Waals surface area contributed by atoms with E-state index in [4.69, 9.17) is 0 Å². The monoisotopic (exact) mass is 327 g/mol. The number of carboxylic acids is 1. The summed E-state index contributed by atoms with van der Waals surface area (Å²) in [6, 6.07) is 0. The van der Waals surface area contributed by atoms with E-state index in [1.807, 2.05) is 12.4 Å². The van der Waals surface area contributed by atoms with Crippen LogP contribution >= 0.6 is 0 Å². The van der Waals surface area contributed by atoms with Gasteiger partial charge in [-0.1, -0.05) is 30.3 Å². The van der Waals surface area contributed by atoms with Crippen LogP contribution in [0.3, 0.4) is 0 Å². The molecule has 1 unspecified atom stereocenters. The number of hydrogen-bond acceptors (Lipinski definition) is 4. The van der Waals surface area contributed by atoms with Gasteiger partial charge in [-0.05, 0) is 37.7 Å². The Morgan fingerprint density at radius 2 is 2.18 bits per heavy atom. The number of aromatic nitrogens is 2. The summed E-state index contributed by atoms with van der Waals surface area (Å²) in [5.41, 5.74) is -0.0621. The second-order valence-electron chi connectivity index (χ2n) is 6.44. The molecule has 2 rings (SSSR count). The molecule has 0 spiro atoms. The molecule has 7 heteroatoms. The van der Waals surface area contributed by atoms with Gasteiger partial charge in [-0.3, -0.25) is 13.7 Å². The average Bonchev–Trinajstić information content (AvgIpc) is 2.94. The van der Waals surface area contributed by atoms with Gasteiger partial charge < -0.3 is 9.66 Å². The number of aliphatic carboxylic acids is 1. The molecule has 1 aromatic heterocycles. The van der Waals surface area contributed by atoms with Crippen molar-refractivity contribution in [1.29, 1.82) is 0 Å². The molecule has 1 heterocycles. The molecule has 0 bridgehead atoms. The van der Waals surface area contributed by atoms with Crippen molar-refractivity contribution in [3.63, 3.8) is 0 Å². The van der Waals surface area contributed by atoms with E-state index in [1.165, 1.54) is 44.6 Å². The molecule has 1 fully saturated rings. The van der Waals surface area contributed by atoms with Gasteiger partial charge >= 0.3 is 5.97 Å². The normalized spacial score (nSPS) is 20.5. The van der Waals surface area contributed by atoms with Crippen molar-refractivity contribution in [2.24, 2.45) is 5.41 Å². The maximum atomic E-state index is 11.3. The first kappa shape index (κ1) is 17.1. The van der Waals surface area contributed by atoms with E-state index in [9.17, 15) is 18.7 Å². The maximum Gasteiger partial charge on any atom is 0.310 e. The minimum absolute atomic E-state index is 0.238. The molecule has 0 aromatic carbocycles. The van der Waals surface area contributed by atoms with E-state index in [-0.39, 0.29) is 12.2 Å². The molecule has 0 amide bonds. The van der Waals surface area contributed by atoms with Crippen molar-refractivity contribution in [1.82, 2.24) is 9.78 Å². The summed E-state index contributed by atoms with van der Waals surface area (Å²) >= 11 is -2.37. The number of aryl methyl sites for hydroxylation is 1. The minimum Gasteiger partial charge on any atom is -0.772 e. The standard InChI is InChI=1S/C15H24N2O4S/c1-15(14(18)19,11-22(20)21)7-8-17-10-13(9-16-17)12-5-3-2-4-6-12/h9-10,12H,2-8,11H2,1H3,(H,18,19)(H,20,21)/p-1/t15-/m0/s1. The third-order valence-electron chi connectivity index (χ3n) is 4.58. The maximum absolute atomic E-state index is 11.3. The first-order valence-electron chi connectivity index (χ1n) is 7.72. The Labute approximate surface area is 133 Å². The number of carboxylic acid groups (broad SMARTS) is 1. The zero-order chi connectivity index (χ0) is 16.2. The quantitative estimate of drug-likeness (QED) is 0.775. The molecule has 1 aliphatic rings. The van der Waals surface area contributed by atoms with Gasteiger partial charge in [0.05, 0.1) is 11.6 Å². The third kappa shape index (κ3) is 4.39. The second kappa shape index (κ2) is 7.37. The van der Waals surface area contributed by atoms with E-state index >= 15 is 0 Å². The number of carbonyl (C=O) groups is 1. The molecular weight excluding hydrogens is 304 g/mol. The molecule has 1 aliphatic carbocycles. The molecule has 1 N–H and O–H groups in total. The van der Waals surface area contributed by atoms with E-state index in [2.05, 4.69) is 5.10 Å². The lowest BCUT2D eigenvalue weighted by molar-refractivity contribution is -0.147. The zero-order valence-electron chi connectivity index (χ0n) is 12.9. The first-order chi connectivity index (χ1) is 10.4. The smallest absolute Gasteiger partial charge is 0.310 e. The summed E-state index contributed by atoms with van der Waals surface area (Å²) in [6.45, 7) is 1.88. The van der Waals surface area contributed by atoms with Crippen LogP contribution in [0.2, 0.25) is 0 Å². The van der Waals surface area contributed by atoms with E-state index in [1.54, 1.807) is 4.68 Å². The summed E-state index contributed by atoms with van der Waals surface area (Å²) in [4.78, 5) is 11.3. The lowest BCUT2D eigenvalue weighted by Gasteiger charge is -2.25. The van der Waals surface area contributed by atoms with Crippen LogP contribution in [-0.2, 0) is 22.4 Å². The van der Waals surface area contributed by atoms with Crippen molar-refractivity contribution in [3.8, 4) is 0 Å². The Kier molecular flexibility index (Phi) is 5.74. The molecule has 6 nitrogen and oxygen atoms in total. The Balaban J connectivity index is 1.97. The predicted octanol–water partition coefficient (Wildman–Crippen LogP) is 2.29. The van der Waals surface area contributed by atoms with Crippen molar-refractivity contribution >= 4 is 17.0 Å². The van der Waals surface area contributed by atoms with Gasteiger partial charge in [0.2, 0.25) is 0 Å². The molecule has 0 radical (unpaired) electrons. The van der Waals surface area contributed by atoms with Gasteiger partial charge in [0.25, 0.3) is 0 Å². The summed E-state index contributed by atoms with van der Waals surface area (Å²) in [7, 11) is 0. The molecule has 0 aliphatic heterocycles. The Morgan fingerprint density at radius 3 is 2.77 bits per heavy atom. The SMILES string of the molecule is C[C@](CCn1cc(C2CCCCC2)cn1)(CS(=O)[O-])C(=O)O. The van der Waals surface area contributed by atoms with Crippen LogP contribution in [0, 0.1) is 5.41 Å². The number of rotatable bonds is 7. The van der Waals surface area contributed by atoms with Crippen LogP contribution in [-0.4, -0.2) is 35.4 Å². The lowest BCUT2D eigenvalue weighted by atomic mass is 9.85. The fraction of sp³-hybridized carbons (Fsp3) is 0.733. The highest BCUT2D eigenvalue weighted by Crippen LogP contribution is 2.32. The molecule has 2 atom stereocenters. The fourth-order valence-corrected chi connectivity index (χ4v) is 3.80. The highest BCUT2D eigenvalue weighted by Gasteiger charge is 2.33. The van der Waals surface area contributed by atoms with E-state index in [0.29, 0.717) is 12.5 Å². The Bertz CT molecular complexity index is 539.